The number of aryl methyl sites for hydroxylation is 1. The topological polar surface area (TPSA) is 84.2 Å². The van der Waals surface area contributed by atoms with Crippen molar-refractivity contribution < 1.29 is 14.0 Å². The van der Waals surface area contributed by atoms with Gasteiger partial charge in [0.1, 0.15) is 11.8 Å². The number of nitrogens with zero attached hydrogens (tertiary/aromatic N) is 1. The Bertz CT molecular complexity index is 709. The van der Waals surface area contributed by atoms with Crippen molar-refractivity contribution in [3.05, 3.63) is 41.8 Å². The van der Waals surface area contributed by atoms with Crippen LogP contribution in [0.3, 0.4) is 0 Å². The Morgan fingerprint density at radius 3 is 2.87 bits per heavy atom. The molecule has 0 unspecified atom stereocenters. The van der Waals surface area contributed by atoms with Crippen molar-refractivity contribution in [2.45, 2.75) is 32.2 Å². The lowest BCUT2D eigenvalue weighted by Gasteiger charge is -2.14. The molecule has 120 valence electrons. The Morgan fingerprint density at radius 1 is 1.30 bits per heavy atom. The van der Waals surface area contributed by atoms with E-state index in [-0.39, 0.29) is 17.5 Å². The molecule has 2 amide bonds. The van der Waals surface area contributed by atoms with Gasteiger partial charge in [0.05, 0.1) is 0 Å². The second kappa shape index (κ2) is 6.64. The molecular formula is C17H19N3O3. The fourth-order valence-electron chi connectivity index (χ4n) is 2.61. The van der Waals surface area contributed by atoms with Crippen molar-refractivity contribution in [2.75, 3.05) is 6.54 Å². The van der Waals surface area contributed by atoms with Crippen LogP contribution in [0.15, 0.2) is 34.7 Å². The van der Waals surface area contributed by atoms with Gasteiger partial charge < -0.3 is 15.1 Å². The molecule has 1 aromatic heterocycles. The van der Waals surface area contributed by atoms with Crippen LogP contribution in [0.25, 0.3) is 11.5 Å². The third kappa shape index (κ3) is 3.41. The fraction of sp³-hybridized carbons (Fsp3) is 0.353. The van der Waals surface area contributed by atoms with Crippen molar-refractivity contribution in [2.24, 2.45) is 0 Å². The van der Waals surface area contributed by atoms with Gasteiger partial charge in [0, 0.05) is 12.1 Å². The molecule has 6 heteroatoms. The highest BCUT2D eigenvalue weighted by atomic mass is 16.4. The maximum absolute atomic E-state index is 12.4. The number of carbonyl (C=O) groups is 2. The summed E-state index contributed by atoms with van der Waals surface area (Å²) in [4.78, 5) is 28.6. The highest BCUT2D eigenvalue weighted by molar-refractivity contribution is 5.97. The molecule has 0 radical (unpaired) electrons. The van der Waals surface area contributed by atoms with Crippen molar-refractivity contribution in [1.82, 2.24) is 15.6 Å². The molecule has 0 spiro atoms. The number of hydrogen-bond donors (Lipinski definition) is 2. The summed E-state index contributed by atoms with van der Waals surface area (Å²) in [7, 11) is 0. The first-order chi connectivity index (χ1) is 11.1. The van der Waals surface area contributed by atoms with Gasteiger partial charge in [-0.15, -0.1) is 0 Å². The maximum atomic E-state index is 12.4. The minimum Gasteiger partial charge on any atom is -0.441 e. The summed E-state index contributed by atoms with van der Waals surface area (Å²) in [6, 6.07) is 8.88. The van der Waals surface area contributed by atoms with E-state index < -0.39 is 6.04 Å². The smallest absolute Gasteiger partial charge is 0.274 e. The van der Waals surface area contributed by atoms with E-state index in [1.54, 1.807) is 6.92 Å². The lowest BCUT2D eigenvalue weighted by molar-refractivity contribution is -0.122. The quantitative estimate of drug-likeness (QED) is 0.908. The van der Waals surface area contributed by atoms with Crippen LogP contribution in [-0.2, 0) is 4.79 Å². The minimum atomic E-state index is -0.513. The van der Waals surface area contributed by atoms with Gasteiger partial charge in [-0.25, -0.2) is 4.98 Å². The highest BCUT2D eigenvalue weighted by Crippen LogP contribution is 2.21. The van der Waals surface area contributed by atoms with Gasteiger partial charge in [-0.3, -0.25) is 9.59 Å². The summed E-state index contributed by atoms with van der Waals surface area (Å²) >= 11 is 0. The Balaban J connectivity index is 1.77. The molecule has 1 aliphatic heterocycles. The standard InChI is InChI=1S/C17H19N3O3/c1-11-14(20-17(23-11)12-7-3-2-4-8-12)16(22)19-13-9-5-6-10-18-15(13)21/h2-4,7-8,13H,5-6,9-10H2,1H3,(H,18,21)(H,19,22)/t13-/m0/s1. The summed E-state index contributed by atoms with van der Waals surface area (Å²) in [6.07, 6.45) is 2.47. The molecule has 2 heterocycles. The molecule has 23 heavy (non-hydrogen) atoms. The SMILES string of the molecule is Cc1oc(-c2ccccc2)nc1C(=O)N[C@H]1CCCCNC1=O. The van der Waals surface area contributed by atoms with E-state index in [4.69, 9.17) is 4.42 Å². The minimum absolute atomic E-state index is 0.139. The predicted octanol–water partition coefficient (Wildman–Crippen LogP) is 2.05. The zero-order valence-electron chi connectivity index (χ0n) is 13.0. The zero-order valence-corrected chi connectivity index (χ0v) is 13.0. The number of hydrogen-bond acceptors (Lipinski definition) is 4. The molecule has 1 aliphatic rings. The summed E-state index contributed by atoms with van der Waals surface area (Å²) in [5, 5.41) is 5.56. The predicted molar refractivity (Wildman–Crippen MR) is 84.8 cm³/mol. The molecular weight excluding hydrogens is 294 g/mol. The molecule has 0 aliphatic carbocycles. The van der Waals surface area contributed by atoms with Crippen LogP contribution in [0.5, 0.6) is 0 Å². The van der Waals surface area contributed by atoms with Gasteiger partial charge in [0.2, 0.25) is 11.8 Å². The average molecular weight is 313 g/mol. The Morgan fingerprint density at radius 2 is 2.09 bits per heavy atom. The molecule has 0 bridgehead atoms. The van der Waals surface area contributed by atoms with Crippen LogP contribution < -0.4 is 10.6 Å². The van der Waals surface area contributed by atoms with Gasteiger partial charge in [0.25, 0.3) is 5.91 Å². The number of carbonyl (C=O) groups excluding carboxylic acids is 2. The number of nitrogens with one attached hydrogen (secondary N) is 2. The normalized spacial score (nSPS) is 18.1. The number of aromatic nitrogens is 1. The number of rotatable bonds is 3. The molecule has 1 saturated heterocycles. The van der Waals surface area contributed by atoms with Gasteiger partial charge in [-0.1, -0.05) is 18.2 Å². The Hall–Kier alpha value is -2.63. The summed E-state index contributed by atoms with van der Waals surface area (Å²) in [5.41, 5.74) is 1.03. The van der Waals surface area contributed by atoms with E-state index >= 15 is 0 Å². The van der Waals surface area contributed by atoms with Gasteiger partial charge in [-0.2, -0.15) is 0 Å². The molecule has 1 atom stereocenters. The fourth-order valence-corrected chi connectivity index (χ4v) is 2.61. The largest absolute Gasteiger partial charge is 0.441 e. The van der Waals surface area contributed by atoms with E-state index in [0.29, 0.717) is 24.6 Å². The lowest BCUT2D eigenvalue weighted by atomic mass is 10.1. The lowest BCUT2D eigenvalue weighted by Crippen LogP contribution is -2.45. The first-order valence-corrected chi connectivity index (χ1v) is 7.76. The summed E-state index contributed by atoms with van der Waals surface area (Å²) < 4.78 is 5.59. The number of amides is 2. The van der Waals surface area contributed by atoms with Gasteiger partial charge >= 0.3 is 0 Å². The van der Waals surface area contributed by atoms with Crippen LogP contribution in [0.4, 0.5) is 0 Å². The molecule has 2 aromatic rings. The van der Waals surface area contributed by atoms with Crippen molar-refractivity contribution in [3.8, 4) is 11.5 Å². The molecule has 3 rings (SSSR count). The molecule has 0 saturated carbocycles. The molecule has 1 fully saturated rings. The van der Waals surface area contributed by atoms with Gasteiger partial charge in [0.15, 0.2) is 5.69 Å². The monoisotopic (exact) mass is 313 g/mol. The van der Waals surface area contributed by atoms with E-state index in [1.165, 1.54) is 0 Å². The van der Waals surface area contributed by atoms with Crippen LogP contribution in [-0.4, -0.2) is 29.4 Å². The third-order valence-corrected chi connectivity index (χ3v) is 3.87. The maximum Gasteiger partial charge on any atom is 0.274 e. The number of oxazole rings is 1. The van der Waals surface area contributed by atoms with Crippen molar-refractivity contribution in [3.63, 3.8) is 0 Å². The first kappa shape index (κ1) is 15.3. The summed E-state index contributed by atoms with van der Waals surface area (Å²) in [6.45, 7) is 2.36. The second-order valence-corrected chi connectivity index (χ2v) is 5.60. The molecule has 1 aromatic carbocycles. The van der Waals surface area contributed by atoms with Crippen molar-refractivity contribution in [1.29, 1.82) is 0 Å². The van der Waals surface area contributed by atoms with Crippen LogP contribution in [0.1, 0.15) is 35.5 Å². The van der Waals surface area contributed by atoms with E-state index in [2.05, 4.69) is 15.6 Å². The summed E-state index contributed by atoms with van der Waals surface area (Å²) in [5.74, 6) is 0.324. The van der Waals surface area contributed by atoms with Crippen molar-refractivity contribution >= 4 is 11.8 Å². The van der Waals surface area contributed by atoms with Crippen LogP contribution in [0.2, 0.25) is 0 Å². The third-order valence-electron chi connectivity index (χ3n) is 3.87. The second-order valence-electron chi connectivity index (χ2n) is 5.60. The Labute approximate surface area is 134 Å². The molecule has 6 nitrogen and oxygen atoms in total. The van der Waals surface area contributed by atoms with E-state index in [1.807, 2.05) is 30.3 Å². The molecule has 2 N–H and O–H groups in total. The average Bonchev–Trinajstić information content (AvgIpc) is 2.84. The zero-order chi connectivity index (χ0) is 16.2. The van der Waals surface area contributed by atoms with E-state index in [9.17, 15) is 9.59 Å². The Kier molecular flexibility index (Phi) is 4.41. The van der Waals surface area contributed by atoms with Crippen LogP contribution in [0, 0.1) is 6.92 Å². The van der Waals surface area contributed by atoms with Gasteiger partial charge in [-0.05, 0) is 38.3 Å². The van der Waals surface area contributed by atoms with E-state index in [0.717, 1.165) is 18.4 Å². The van der Waals surface area contributed by atoms with Crippen LogP contribution >= 0.6 is 0 Å². The highest BCUT2D eigenvalue weighted by Gasteiger charge is 2.25. The first-order valence-electron chi connectivity index (χ1n) is 7.76. The number of benzene rings is 1.